The zero-order valence-corrected chi connectivity index (χ0v) is 12.3. The van der Waals surface area contributed by atoms with Gasteiger partial charge in [0.15, 0.2) is 0 Å². The molecule has 0 aliphatic heterocycles. The molecule has 1 aromatic heterocycles. The predicted molar refractivity (Wildman–Crippen MR) is 84.1 cm³/mol. The Bertz CT molecular complexity index is 660. The van der Waals surface area contributed by atoms with Gasteiger partial charge in [0, 0.05) is 12.7 Å². The normalized spacial score (nSPS) is 17.3. The number of benzene rings is 1. The van der Waals surface area contributed by atoms with E-state index in [2.05, 4.69) is 23.5 Å². The largest absolute Gasteiger partial charge is 0.397 e. The van der Waals surface area contributed by atoms with Crippen LogP contribution in [0.25, 0.3) is 0 Å². The number of nitrogens with zero attached hydrogens (tertiary/aromatic N) is 1. The smallest absolute Gasteiger partial charge is 0.268 e. The van der Waals surface area contributed by atoms with E-state index < -0.39 is 0 Å². The number of hydrogen-bond acceptors (Lipinski definition) is 2. The average molecular weight is 283 g/mol. The summed E-state index contributed by atoms with van der Waals surface area (Å²) in [6.45, 7) is 2.74. The Morgan fingerprint density at radius 2 is 2.24 bits per heavy atom. The molecule has 2 aromatic rings. The topological polar surface area (TPSA) is 60.0 Å². The number of hydrogen-bond donors (Lipinski definition) is 2. The molecule has 3 N–H and O–H groups in total. The quantitative estimate of drug-likeness (QED) is 0.910. The van der Waals surface area contributed by atoms with E-state index in [1.807, 2.05) is 23.8 Å². The molecule has 0 fully saturated rings. The summed E-state index contributed by atoms with van der Waals surface area (Å²) < 4.78 is 1.89. The Labute approximate surface area is 125 Å². The maximum atomic E-state index is 12.5. The molecule has 110 valence electrons. The number of carbonyl (C=O) groups excluding carboxylic acids is 1. The zero-order chi connectivity index (χ0) is 14.8. The van der Waals surface area contributed by atoms with Crippen LogP contribution in [0.5, 0.6) is 0 Å². The Kier molecular flexibility index (Phi) is 3.69. The molecule has 0 saturated heterocycles. The first-order chi connectivity index (χ1) is 10.2. The summed E-state index contributed by atoms with van der Waals surface area (Å²) in [6, 6.07) is 10.2. The van der Waals surface area contributed by atoms with Crippen molar-refractivity contribution < 1.29 is 4.79 Å². The maximum absolute atomic E-state index is 12.5. The number of carbonyl (C=O) groups is 1. The van der Waals surface area contributed by atoms with E-state index in [-0.39, 0.29) is 11.9 Å². The highest BCUT2D eigenvalue weighted by molar-refractivity contribution is 5.94. The van der Waals surface area contributed by atoms with Gasteiger partial charge < -0.3 is 15.6 Å². The minimum Gasteiger partial charge on any atom is -0.397 e. The molecule has 21 heavy (non-hydrogen) atoms. The molecule has 0 radical (unpaired) electrons. The fourth-order valence-corrected chi connectivity index (χ4v) is 3.12. The van der Waals surface area contributed by atoms with Crippen LogP contribution in [0, 0.1) is 0 Å². The van der Waals surface area contributed by atoms with Gasteiger partial charge in [-0.05, 0) is 43.4 Å². The zero-order valence-electron chi connectivity index (χ0n) is 12.3. The molecule has 0 saturated carbocycles. The third-order valence-corrected chi connectivity index (χ3v) is 4.17. The number of nitrogens with one attached hydrogen (secondary N) is 1. The molecule has 1 amide bonds. The minimum atomic E-state index is -0.0461. The summed E-state index contributed by atoms with van der Waals surface area (Å²) in [5.41, 5.74) is 9.67. The van der Waals surface area contributed by atoms with Crippen molar-refractivity contribution in [3.8, 4) is 0 Å². The number of nitrogen functional groups attached to an aromatic ring is 1. The van der Waals surface area contributed by atoms with E-state index in [1.165, 1.54) is 11.1 Å². The van der Waals surface area contributed by atoms with Crippen molar-refractivity contribution in [2.24, 2.45) is 0 Å². The number of aromatic nitrogens is 1. The third-order valence-electron chi connectivity index (χ3n) is 4.17. The molecule has 1 aromatic carbocycles. The lowest BCUT2D eigenvalue weighted by Crippen LogP contribution is -2.32. The van der Waals surface area contributed by atoms with Crippen LogP contribution in [0.3, 0.4) is 0 Å². The van der Waals surface area contributed by atoms with Crippen LogP contribution in [0.4, 0.5) is 5.69 Å². The van der Waals surface area contributed by atoms with E-state index in [9.17, 15) is 4.79 Å². The van der Waals surface area contributed by atoms with Gasteiger partial charge in [0.25, 0.3) is 5.91 Å². The molecule has 0 bridgehead atoms. The first kappa shape index (κ1) is 13.7. The number of rotatable bonds is 3. The fraction of sp³-hybridized carbons (Fsp3) is 0.353. The Morgan fingerprint density at radius 1 is 1.43 bits per heavy atom. The van der Waals surface area contributed by atoms with Crippen molar-refractivity contribution in [1.82, 2.24) is 9.88 Å². The second-order valence-electron chi connectivity index (χ2n) is 5.56. The summed E-state index contributed by atoms with van der Waals surface area (Å²) in [7, 11) is 0. The van der Waals surface area contributed by atoms with E-state index in [0.717, 1.165) is 25.8 Å². The third kappa shape index (κ3) is 2.66. The molecule has 1 aliphatic rings. The number of aryl methyl sites for hydroxylation is 2. The molecule has 4 heteroatoms. The van der Waals surface area contributed by atoms with Gasteiger partial charge in [-0.15, -0.1) is 0 Å². The van der Waals surface area contributed by atoms with Crippen molar-refractivity contribution in [1.29, 1.82) is 0 Å². The van der Waals surface area contributed by atoms with Crippen LogP contribution in [-0.4, -0.2) is 10.5 Å². The van der Waals surface area contributed by atoms with Crippen molar-refractivity contribution >= 4 is 11.6 Å². The van der Waals surface area contributed by atoms with E-state index in [4.69, 9.17) is 5.73 Å². The molecular formula is C17H21N3O. The van der Waals surface area contributed by atoms with Gasteiger partial charge in [-0.3, -0.25) is 4.79 Å². The van der Waals surface area contributed by atoms with Crippen LogP contribution in [0.1, 0.15) is 47.4 Å². The molecule has 1 atom stereocenters. The molecule has 3 rings (SSSR count). The SMILES string of the molecule is CCn1cc(N)cc1C(=O)NC1CCCc2ccccc21. The lowest BCUT2D eigenvalue weighted by Gasteiger charge is -2.26. The van der Waals surface area contributed by atoms with Gasteiger partial charge in [-0.25, -0.2) is 0 Å². The lowest BCUT2D eigenvalue weighted by atomic mass is 9.87. The van der Waals surface area contributed by atoms with Crippen LogP contribution < -0.4 is 11.1 Å². The number of amides is 1. The minimum absolute atomic E-state index is 0.0461. The monoisotopic (exact) mass is 283 g/mol. The van der Waals surface area contributed by atoms with Crippen LogP contribution in [-0.2, 0) is 13.0 Å². The number of nitrogens with two attached hydrogens (primary N) is 1. The highest BCUT2D eigenvalue weighted by Gasteiger charge is 2.23. The Balaban J connectivity index is 1.82. The standard InChI is InChI=1S/C17H21N3O/c1-2-20-11-13(18)10-16(20)17(21)19-15-9-5-7-12-6-3-4-8-14(12)15/h3-4,6,8,10-11,15H,2,5,7,9,18H2,1H3,(H,19,21). The van der Waals surface area contributed by atoms with Gasteiger partial charge in [-0.1, -0.05) is 24.3 Å². The molecule has 0 spiro atoms. The number of anilines is 1. The van der Waals surface area contributed by atoms with Gasteiger partial charge in [0.05, 0.1) is 11.7 Å². The second kappa shape index (κ2) is 5.64. The molecule has 1 heterocycles. The molecule has 1 aliphatic carbocycles. The number of fused-ring (bicyclic) bond motifs is 1. The first-order valence-electron chi connectivity index (χ1n) is 7.53. The summed E-state index contributed by atoms with van der Waals surface area (Å²) in [5, 5.41) is 3.16. The first-order valence-corrected chi connectivity index (χ1v) is 7.53. The second-order valence-corrected chi connectivity index (χ2v) is 5.56. The van der Waals surface area contributed by atoms with Crippen molar-refractivity contribution in [3.05, 3.63) is 53.3 Å². The van der Waals surface area contributed by atoms with Crippen molar-refractivity contribution in [3.63, 3.8) is 0 Å². The van der Waals surface area contributed by atoms with Crippen LogP contribution in [0.15, 0.2) is 36.5 Å². The Hall–Kier alpha value is -2.23. The maximum Gasteiger partial charge on any atom is 0.268 e. The average Bonchev–Trinajstić information content (AvgIpc) is 2.89. The van der Waals surface area contributed by atoms with E-state index >= 15 is 0 Å². The van der Waals surface area contributed by atoms with Gasteiger partial charge in [0.2, 0.25) is 0 Å². The van der Waals surface area contributed by atoms with Crippen LogP contribution >= 0.6 is 0 Å². The summed E-state index contributed by atoms with van der Waals surface area (Å²) in [4.78, 5) is 12.5. The highest BCUT2D eigenvalue weighted by atomic mass is 16.2. The van der Waals surface area contributed by atoms with Crippen molar-refractivity contribution in [2.45, 2.75) is 38.8 Å². The van der Waals surface area contributed by atoms with Crippen LogP contribution in [0.2, 0.25) is 0 Å². The Morgan fingerprint density at radius 3 is 3.05 bits per heavy atom. The fourth-order valence-electron chi connectivity index (χ4n) is 3.12. The lowest BCUT2D eigenvalue weighted by molar-refractivity contribution is 0.0923. The summed E-state index contributed by atoms with van der Waals surface area (Å²) >= 11 is 0. The molecule has 1 unspecified atom stereocenters. The van der Waals surface area contributed by atoms with E-state index in [1.54, 1.807) is 6.07 Å². The summed E-state index contributed by atoms with van der Waals surface area (Å²) in [6.07, 6.45) is 5.01. The van der Waals surface area contributed by atoms with E-state index in [0.29, 0.717) is 11.4 Å². The summed E-state index contributed by atoms with van der Waals surface area (Å²) in [5.74, 6) is -0.0461. The highest BCUT2D eigenvalue weighted by Crippen LogP contribution is 2.29. The van der Waals surface area contributed by atoms with Gasteiger partial charge in [0.1, 0.15) is 5.69 Å². The molecular weight excluding hydrogens is 262 g/mol. The van der Waals surface area contributed by atoms with Crippen molar-refractivity contribution in [2.75, 3.05) is 5.73 Å². The van der Waals surface area contributed by atoms with Gasteiger partial charge >= 0.3 is 0 Å². The van der Waals surface area contributed by atoms with Gasteiger partial charge in [-0.2, -0.15) is 0 Å². The molecule has 4 nitrogen and oxygen atoms in total. The predicted octanol–water partition coefficient (Wildman–Crippen LogP) is 2.90.